The van der Waals surface area contributed by atoms with Crippen LogP contribution in [0.1, 0.15) is 18.9 Å². The lowest BCUT2D eigenvalue weighted by Gasteiger charge is -2.33. The highest BCUT2D eigenvalue weighted by atomic mass is 35.5. The molecule has 1 N–H and O–H groups in total. The molecule has 1 fully saturated rings. The number of aromatic nitrogens is 2. The SMILES string of the molecule is OC(COc1ccc(Cl)c(Cl)c1)CN1CCC(n2ccnc2)CC1. The summed E-state index contributed by atoms with van der Waals surface area (Å²) in [5, 5.41) is 11.1. The summed E-state index contributed by atoms with van der Waals surface area (Å²) in [6.07, 6.45) is 7.30. The average molecular weight is 370 g/mol. The van der Waals surface area contributed by atoms with E-state index in [0.717, 1.165) is 25.9 Å². The van der Waals surface area contributed by atoms with Gasteiger partial charge in [-0.1, -0.05) is 23.2 Å². The molecule has 2 heterocycles. The first-order valence-corrected chi connectivity index (χ1v) is 8.83. The van der Waals surface area contributed by atoms with Crippen LogP contribution in [-0.4, -0.2) is 51.9 Å². The van der Waals surface area contributed by atoms with Gasteiger partial charge in [0.1, 0.15) is 18.5 Å². The van der Waals surface area contributed by atoms with Crippen molar-refractivity contribution in [3.63, 3.8) is 0 Å². The summed E-state index contributed by atoms with van der Waals surface area (Å²) >= 11 is 11.8. The molecular formula is C17H21Cl2N3O2. The molecule has 0 bridgehead atoms. The predicted octanol–water partition coefficient (Wildman–Crippen LogP) is 3.27. The number of likely N-dealkylation sites (tertiary alicyclic amines) is 1. The highest BCUT2D eigenvalue weighted by Gasteiger charge is 2.22. The third kappa shape index (κ3) is 4.63. The van der Waals surface area contributed by atoms with E-state index in [1.807, 2.05) is 18.7 Å². The van der Waals surface area contributed by atoms with Gasteiger partial charge in [0.15, 0.2) is 0 Å². The molecule has 1 aliphatic rings. The largest absolute Gasteiger partial charge is 0.491 e. The Balaban J connectivity index is 1.41. The Morgan fingerprint density at radius 3 is 2.71 bits per heavy atom. The van der Waals surface area contributed by atoms with Gasteiger partial charge in [0.25, 0.3) is 0 Å². The number of ether oxygens (including phenoxy) is 1. The standard InChI is InChI=1S/C17H21Cl2N3O2/c18-16-2-1-15(9-17(16)19)24-11-14(23)10-21-6-3-13(4-7-21)22-8-5-20-12-22/h1-2,5,8-9,12-14,23H,3-4,6-7,10-11H2. The molecule has 1 atom stereocenters. The van der Waals surface area contributed by atoms with Gasteiger partial charge < -0.3 is 19.3 Å². The van der Waals surface area contributed by atoms with E-state index in [9.17, 15) is 5.11 Å². The average Bonchev–Trinajstić information content (AvgIpc) is 3.11. The number of hydrogen-bond donors (Lipinski definition) is 1. The summed E-state index contributed by atoms with van der Waals surface area (Å²) in [6, 6.07) is 5.60. The van der Waals surface area contributed by atoms with Gasteiger partial charge in [0, 0.05) is 44.1 Å². The van der Waals surface area contributed by atoms with Crippen LogP contribution in [0, 0.1) is 0 Å². The Bertz CT molecular complexity index is 643. The number of aliphatic hydroxyl groups is 1. The maximum absolute atomic E-state index is 10.2. The zero-order chi connectivity index (χ0) is 16.9. The van der Waals surface area contributed by atoms with Crippen LogP contribution in [0.25, 0.3) is 0 Å². The number of piperidine rings is 1. The molecule has 5 nitrogen and oxygen atoms in total. The Hall–Kier alpha value is -1.27. The summed E-state index contributed by atoms with van der Waals surface area (Å²) in [5.41, 5.74) is 0. The van der Waals surface area contributed by atoms with Crippen LogP contribution in [0.15, 0.2) is 36.9 Å². The Morgan fingerprint density at radius 1 is 1.25 bits per heavy atom. The normalized spacial score (nSPS) is 17.8. The molecule has 24 heavy (non-hydrogen) atoms. The number of rotatable bonds is 6. The third-order valence-corrected chi connectivity index (χ3v) is 5.05. The topological polar surface area (TPSA) is 50.5 Å². The Morgan fingerprint density at radius 2 is 2.04 bits per heavy atom. The minimum Gasteiger partial charge on any atom is -0.491 e. The zero-order valence-corrected chi connectivity index (χ0v) is 14.8. The molecule has 1 aliphatic heterocycles. The number of β-amino-alcohol motifs (C(OH)–C–C–N with tert-alkyl or cyclic N) is 1. The van der Waals surface area contributed by atoms with E-state index < -0.39 is 6.10 Å². The number of imidazole rings is 1. The summed E-state index contributed by atoms with van der Waals surface area (Å²) < 4.78 is 7.76. The van der Waals surface area contributed by atoms with Crippen molar-refractivity contribution in [2.45, 2.75) is 25.0 Å². The van der Waals surface area contributed by atoms with E-state index in [-0.39, 0.29) is 6.61 Å². The van der Waals surface area contributed by atoms with Crippen molar-refractivity contribution in [1.29, 1.82) is 0 Å². The lowest BCUT2D eigenvalue weighted by Crippen LogP contribution is -2.41. The molecule has 0 radical (unpaired) electrons. The van der Waals surface area contributed by atoms with Gasteiger partial charge >= 0.3 is 0 Å². The van der Waals surface area contributed by atoms with E-state index in [2.05, 4.69) is 14.5 Å². The lowest BCUT2D eigenvalue weighted by molar-refractivity contribution is 0.0559. The number of hydrogen-bond acceptors (Lipinski definition) is 4. The molecule has 0 saturated carbocycles. The van der Waals surface area contributed by atoms with Gasteiger partial charge in [-0.15, -0.1) is 0 Å². The van der Waals surface area contributed by atoms with Crippen molar-refractivity contribution < 1.29 is 9.84 Å². The summed E-state index contributed by atoms with van der Waals surface area (Å²) in [5.74, 6) is 0.613. The van der Waals surface area contributed by atoms with Crippen molar-refractivity contribution in [3.05, 3.63) is 47.0 Å². The second kappa shape index (κ2) is 8.21. The third-order valence-electron chi connectivity index (χ3n) is 4.31. The Labute approximate surface area is 151 Å². The first kappa shape index (κ1) is 17.5. The number of benzene rings is 1. The summed E-state index contributed by atoms with van der Waals surface area (Å²) in [7, 11) is 0. The molecule has 0 amide bonds. The fourth-order valence-corrected chi connectivity index (χ4v) is 3.28. The van der Waals surface area contributed by atoms with Crippen molar-refractivity contribution in [1.82, 2.24) is 14.5 Å². The maximum Gasteiger partial charge on any atom is 0.121 e. The van der Waals surface area contributed by atoms with Crippen LogP contribution in [0.2, 0.25) is 10.0 Å². The molecule has 1 unspecified atom stereocenters. The van der Waals surface area contributed by atoms with Gasteiger partial charge in [-0.05, 0) is 25.0 Å². The molecule has 1 aromatic heterocycles. The number of aliphatic hydroxyl groups excluding tert-OH is 1. The minimum atomic E-state index is -0.538. The predicted molar refractivity (Wildman–Crippen MR) is 94.9 cm³/mol. The minimum absolute atomic E-state index is 0.236. The van der Waals surface area contributed by atoms with Crippen LogP contribution < -0.4 is 4.74 Å². The van der Waals surface area contributed by atoms with Gasteiger partial charge in [0.2, 0.25) is 0 Å². The lowest BCUT2D eigenvalue weighted by atomic mass is 10.0. The van der Waals surface area contributed by atoms with Crippen molar-refractivity contribution in [2.75, 3.05) is 26.2 Å². The second-order valence-corrected chi connectivity index (χ2v) is 6.90. The Kier molecular flexibility index (Phi) is 6.00. The fraction of sp³-hybridized carbons (Fsp3) is 0.471. The quantitative estimate of drug-likeness (QED) is 0.848. The second-order valence-electron chi connectivity index (χ2n) is 6.08. The highest BCUT2D eigenvalue weighted by Crippen LogP contribution is 2.26. The molecule has 0 aliphatic carbocycles. The molecule has 0 spiro atoms. The molecule has 130 valence electrons. The monoisotopic (exact) mass is 369 g/mol. The molecule has 1 saturated heterocycles. The van der Waals surface area contributed by atoms with E-state index >= 15 is 0 Å². The highest BCUT2D eigenvalue weighted by molar-refractivity contribution is 6.42. The zero-order valence-electron chi connectivity index (χ0n) is 13.3. The van der Waals surface area contributed by atoms with Gasteiger partial charge in [-0.3, -0.25) is 0 Å². The van der Waals surface area contributed by atoms with Gasteiger partial charge in [-0.25, -0.2) is 4.98 Å². The van der Waals surface area contributed by atoms with Crippen molar-refractivity contribution >= 4 is 23.2 Å². The van der Waals surface area contributed by atoms with E-state index in [0.29, 0.717) is 28.4 Å². The van der Waals surface area contributed by atoms with Gasteiger partial charge in [-0.2, -0.15) is 0 Å². The molecule has 1 aromatic carbocycles. The van der Waals surface area contributed by atoms with E-state index in [1.165, 1.54) is 0 Å². The fourth-order valence-electron chi connectivity index (χ4n) is 3.00. The van der Waals surface area contributed by atoms with Crippen LogP contribution in [0.3, 0.4) is 0 Å². The molecule has 2 aromatic rings. The maximum atomic E-state index is 10.2. The van der Waals surface area contributed by atoms with Crippen LogP contribution in [0.4, 0.5) is 0 Å². The first-order chi connectivity index (χ1) is 11.6. The van der Waals surface area contributed by atoms with Crippen LogP contribution in [0.5, 0.6) is 5.75 Å². The van der Waals surface area contributed by atoms with E-state index in [4.69, 9.17) is 27.9 Å². The summed E-state index contributed by atoms with van der Waals surface area (Å²) in [6.45, 7) is 2.77. The number of halogens is 2. The van der Waals surface area contributed by atoms with Crippen molar-refractivity contribution in [2.24, 2.45) is 0 Å². The molecule has 3 rings (SSSR count). The number of nitrogens with zero attached hydrogens (tertiary/aromatic N) is 3. The first-order valence-electron chi connectivity index (χ1n) is 8.07. The van der Waals surface area contributed by atoms with Crippen molar-refractivity contribution in [3.8, 4) is 5.75 Å². The van der Waals surface area contributed by atoms with Crippen LogP contribution >= 0.6 is 23.2 Å². The van der Waals surface area contributed by atoms with Gasteiger partial charge in [0.05, 0.1) is 16.4 Å². The summed E-state index contributed by atoms with van der Waals surface area (Å²) in [4.78, 5) is 6.38. The smallest absolute Gasteiger partial charge is 0.121 e. The van der Waals surface area contributed by atoms with Crippen LogP contribution in [-0.2, 0) is 0 Å². The molecule has 7 heteroatoms. The van der Waals surface area contributed by atoms with E-state index in [1.54, 1.807) is 18.2 Å². The molecular weight excluding hydrogens is 349 g/mol.